The van der Waals surface area contributed by atoms with Crippen LogP contribution in [0.4, 0.5) is 5.69 Å². The Balaban J connectivity index is 2.70. The van der Waals surface area contributed by atoms with Crippen molar-refractivity contribution in [1.82, 2.24) is 0 Å². The highest BCUT2D eigenvalue weighted by Crippen LogP contribution is 2.28. The topological polar surface area (TPSA) is 52.9 Å². The third kappa shape index (κ3) is 4.57. The van der Waals surface area contributed by atoms with Crippen LogP contribution in [0.3, 0.4) is 0 Å². The van der Waals surface area contributed by atoms with Gasteiger partial charge in [-0.1, -0.05) is 22.0 Å². The lowest BCUT2D eigenvalue weighted by Crippen LogP contribution is -2.24. The second-order valence-corrected chi connectivity index (χ2v) is 5.05. The number of aliphatic hydroxyl groups excluding tert-OH is 2. The monoisotopic (exact) mass is 317 g/mol. The molecule has 1 aromatic rings. The molecular formula is C13H20BrNO3. The zero-order valence-corrected chi connectivity index (χ0v) is 12.4. The molecule has 5 heteroatoms. The Labute approximate surface area is 116 Å². The fourth-order valence-electron chi connectivity index (χ4n) is 1.69. The molecule has 1 atom stereocenters. The van der Waals surface area contributed by atoms with E-state index in [9.17, 15) is 5.11 Å². The number of rotatable bonds is 7. The molecule has 0 amide bonds. The number of ether oxygens (including phenoxy) is 1. The predicted molar refractivity (Wildman–Crippen MR) is 76.0 cm³/mol. The molecule has 0 aliphatic heterocycles. The maximum atomic E-state index is 9.75. The number of anilines is 1. The maximum Gasteiger partial charge on any atom is 0.0782 e. The Morgan fingerprint density at radius 1 is 1.39 bits per heavy atom. The minimum atomic E-state index is -0.506. The van der Waals surface area contributed by atoms with Crippen molar-refractivity contribution in [3.05, 3.63) is 28.2 Å². The smallest absolute Gasteiger partial charge is 0.0782 e. The van der Waals surface area contributed by atoms with Crippen LogP contribution in [0.2, 0.25) is 0 Å². The van der Waals surface area contributed by atoms with Crippen molar-refractivity contribution in [2.75, 3.05) is 38.3 Å². The van der Waals surface area contributed by atoms with Crippen molar-refractivity contribution in [2.24, 2.45) is 0 Å². The number of hydrogen-bond acceptors (Lipinski definition) is 4. The van der Waals surface area contributed by atoms with Crippen molar-refractivity contribution >= 4 is 21.6 Å². The van der Waals surface area contributed by atoms with Crippen molar-refractivity contribution in [3.8, 4) is 0 Å². The van der Waals surface area contributed by atoms with Crippen LogP contribution in [0.5, 0.6) is 0 Å². The van der Waals surface area contributed by atoms with Gasteiger partial charge in [-0.15, -0.1) is 0 Å². The van der Waals surface area contributed by atoms with Gasteiger partial charge >= 0.3 is 0 Å². The van der Waals surface area contributed by atoms with Crippen molar-refractivity contribution < 1.29 is 14.9 Å². The minimum absolute atomic E-state index is 0.0412. The highest BCUT2D eigenvalue weighted by Gasteiger charge is 2.12. The summed E-state index contributed by atoms with van der Waals surface area (Å²) in [7, 11) is 1.95. The van der Waals surface area contributed by atoms with E-state index < -0.39 is 6.10 Å². The van der Waals surface area contributed by atoms with E-state index >= 15 is 0 Å². The largest absolute Gasteiger partial charge is 0.394 e. The van der Waals surface area contributed by atoms with Crippen LogP contribution in [0.1, 0.15) is 18.6 Å². The third-order valence-electron chi connectivity index (χ3n) is 2.66. The summed E-state index contributed by atoms with van der Waals surface area (Å²) in [6.07, 6.45) is -0.506. The first-order chi connectivity index (χ1) is 8.56. The molecule has 2 N–H and O–H groups in total. The molecule has 0 spiro atoms. The van der Waals surface area contributed by atoms with Crippen LogP contribution < -0.4 is 4.90 Å². The number of nitrogens with zero attached hydrogens (tertiary/aromatic N) is 1. The van der Waals surface area contributed by atoms with Gasteiger partial charge in [-0.2, -0.15) is 0 Å². The standard InChI is InChI=1S/C13H20BrNO3/c1-10(17)12-4-3-11(14)9-13(12)15(2)5-7-18-8-6-16/h3-4,9-10,16-17H,5-8H2,1-2H3. The Bertz CT molecular complexity index is 371. The number of aliphatic hydroxyl groups is 2. The van der Waals surface area contributed by atoms with Crippen LogP contribution in [0, 0.1) is 0 Å². The number of halogens is 1. The van der Waals surface area contributed by atoms with Gasteiger partial charge in [-0.05, 0) is 19.1 Å². The van der Waals surface area contributed by atoms with Gasteiger partial charge in [0, 0.05) is 29.3 Å². The lowest BCUT2D eigenvalue weighted by molar-refractivity contribution is 0.0970. The van der Waals surface area contributed by atoms with Gasteiger partial charge in [0.1, 0.15) is 0 Å². The Hall–Kier alpha value is -0.620. The highest BCUT2D eigenvalue weighted by molar-refractivity contribution is 9.10. The van der Waals surface area contributed by atoms with E-state index in [-0.39, 0.29) is 6.61 Å². The molecule has 0 heterocycles. The molecule has 102 valence electrons. The summed E-state index contributed by atoms with van der Waals surface area (Å²) in [6.45, 7) is 3.40. The highest BCUT2D eigenvalue weighted by atomic mass is 79.9. The molecule has 0 saturated carbocycles. The maximum absolute atomic E-state index is 9.75. The van der Waals surface area contributed by atoms with Crippen molar-refractivity contribution in [2.45, 2.75) is 13.0 Å². The van der Waals surface area contributed by atoms with E-state index in [0.717, 1.165) is 15.7 Å². The van der Waals surface area contributed by atoms with Crippen LogP contribution in [0.15, 0.2) is 22.7 Å². The summed E-state index contributed by atoms with van der Waals surface area (Å²) in [5.74, 6) is 0. The molecule has 0 aromatic heterocycles. The minimum Gasteiger partial charge on any atom is -0.394 e. The van der Waals surface area contributed by atoms with Gasteiger partial charge in [0.05, 0.1) is 25.9 Å². The zero-order valence-electron chi connectivity index (χ0n) is 10.8. The molecule has 4 nitrogen and oxygen atoms in total. The molecule has 0 radical (unpaired) electrons. The van der Waals surface area contributed by atoms with Crippen LogP contribution >= 0.6 is 15.9 Å². The molecule has 1 aromatic carbocycles. The second kappa shape index (κ2) is 7.74. The van der Waals surface area contributed by atoms with E-state index in [0.29, 0.717) is 19.8 Å². The molecule has 0 aliphatic carbocycles. The molecule has 18 heavy (non-hydrogen) atoms. The first-order valence-electron chi connectivity index (χ1n) is 5.93. The average molecular weight is 318 g/mol. The number of likely N-dealkylation sites (N-methyl/N-ethyl adjacent to an activating group) is 1. The molecule has 1 unspecified atom stereocenters. The van der Waals surface area contributed by atoms with Gasteiger partial charge in [-0.3, -0.25) is 0 Å². The molecule has 1 rings (SSSR count). The lowest BCUT2D eigenvalue weighted by atomic mass is 10.1. The Morgan fingerprint density at radius 2 is 2.11 bits per heavy atom. The van der Waals surface area contributed by atoms with Gasteiger partial charge < -0.3 is 19.8 Å². The predicted octanol–water partition coefficient (Wildman–Crippen LogP) is 1.95. The fraction of sp³-hybridized carbons (Fsp3) is 0.538. The van der Waals surface area contributed by atoms with Crippen molar-refractivity contribution in [1.29, 1.82) is 0 Å². The Morgan fingerprint density at radius 3 is 2.72 bits per heavy atom. The summed E-state index contributed by atoms with van der Waals surface area (Å²) < 4.78 is 6.22. The van der Waals surface area contributed by atoms with E-state index in [4.69, 9.17) is 9.84 Å². The number of hydrogen-bond donors (Lipinski definition) is 2. The van der Waals surface area contributed by atoms with E-state index in [1.165, 1.54) is 0 Å². The second-order valence-electron chi connectivity index (χ2n) is 4.14. The summed E-state index contributed by atoms with van der Waals surface area (Å²) in [5.41, 5.74) is 1.87. The summed E-state index contributed by atoms with van der Waals surface area (Å²) in [5, 5.41) is 18.4. The van der Waals surface area contributed by atoms with Crippen LogP contribution in [0.25, 0.3) is 0 Å². The van der Waals surface area contributed by atoms with Gasteiger partial charge in [-0.25, -0.2) is 0 Å². The Kier molecular flexibility index (Phi) is 6.63. The van der Waals surface area contributed by atoms with E-state index in [1.807, 2.05) is 30.1 Å². The van der Waals surface area contributed by atoms with Crippen LogP contribution in [-0.4, -0.2) is 43.6 Å². The first kappa shape index (κ1) is 15.4. The van der Waals surface area contributed by atoms with Gasteiger partial charge in [0.25, 0.3) is 0 Å². The van der Waals surface area contributed by atoms with E-state index in [2.05, 4.69) is 15.9 Å². The molecule has 0 aliphatic rings. The third-order valence-corrected chi connectivity index (χ3v) is 3.15. The van der Waals surface area contributed by atoms with Gasteiger partial charge in [0.15, 0.2) is 0 Å². The normalized spacial score (nSPS) is 12.5. The SMILES string of the molecule is CC(O)c1ccc(Br)cc1N(C)CCOCCO. The fourth-order valence-corrected chi connectivity index (χ4v) is 2.04. The van der Waals surface area contributed by atoms with Crippen molar-refractivity contribution in [3.63, 3.8) is 0 Å². The average Bonchev–Trinajstić information content (AvgIpc) is 2.34. The summed E-state index contributed by atoms with van der Waals surface area (Å²) in [4.78, 5) is 2.03. The zero-order chi connectivity index (χ0) is 13.5. The quantitative estimate of drug-likeness (QED) is 0.755. The molecule has 0 fully saturated rings. The van der Waals surface area contributed by atoms with Gasteiger partial charge in [0.2, 0.25) is 0 Å². The van der Waals surface area contributed by atoms with E-state index in [1.54, 1.807) is 6.92 Å². The van der Waals surface area contributed by atoms with Crippen LogP contribution in [-0.2, 0) is 4.74 Å². The lowest BCUT2D eigenvalue weighted by Gasteiger charge is -2.24. The number of benzene rings is 1. The first-order valence-corrected chi connectivity index (χ1v) is 6.72. The summed E-state index contributed by atoms with van der Waals surface area (Å²) >= 11 is 3.43. The molecular weight excluding hydrogens is 298 g/mol. The summed E-state index contributed by atoms with van der Waals surface area (Å²) in [6, 6.07) is 5.81. The molecule has 0 saturated heterocycles. The molecule has 0 bridgehead atoms.